The van der Waals surface area contributed by atoms with E-state index in [0.717, 1.165) is 11.1 Å². The lowest BCUT2D eigenvalue weighted by molar-refractivity contribution is 0.0257. The van der Waals surface area contributed by atoms with Crippen molar-refractivity contribution in [2.45, 2.75) is 12.3 Å². The van der Waals surface area contributed by atoms with Crippen LogP contribution in [-0.4, -0.2) is 24.9 Å². The van der Waals surface area contributed by atoms with Crippen LogP contribution in [0.15, 0.2) is 72.8 Å². The van der Waals surface area contributed by atoms with E-state index < -0.39 is 5.92 Å². The van der Waals surface area contributed by atoms with Gasteiger partial charge in [0.1, 0.15) is 0 Å². The second-order valence-corrected chi connectivity index (χ2v) is 7.20. The predicted molar refractivity (Wildman–Crippen MR) is 112 cm³/mol. The van der Waals surface area contributed by atoms with Crippen LogP contribution in [-0.2, 0) is 0 Å². The number of hydrogen-bond donors (Lipinski definition) is 2. The smallest absolute Gasteiger partial charge is 0.266 e. The highest BCUT2D eigenvalue weighted by Gasteiger charge is 2.38. The Bertz CT molecular complexity index is 1020. The lowest BCUT2D eigenvalue weighted by Crippen LogP contribution is -2.24. The second kappa shape index (κ2) is 7.54. The largest absolute Gasteiger partial charge is 0.397 e. The van der Waals surface area contributed by atoms with Gasteiger partial charge in [-0.3, -0.25) is 4.79 Å². The fourth-order valence-corrected chi connectivity index (χ4v) is 3.45. The normalized spacial score (nSPS) is 15.3. The maximum absolute atomic E-state index is 13.4. The number of nitrogen functional groups attached to an aromatic ring is 1. The Morgan fingerprint density at radius 2 is 1.69 bits per heavy atom. The quantitative estimate of drug-likeness (QED) is 0.611. The Hall–Kier alpha value is -3.41. The first kappa shape index (κ1) is 18.9. The highest BCUT2D eigenvalue weighted by molar-refractivity contribution is 6.06. The molecule has 0 unspecified atom stereocenters. The molecule has 0 saturated carbocycles. The van der Waals surface area contributed by atoms with Gasteiger partial charge in [0, 0.05) is 24.2 Å². The van der Waals surface area contributed by atoms with Crippen molar-refractivity contribution >= 4 is 23.0 Å². The average molecular weight is 393 g/mol. The average Bonchev–Trinajstić information content (AvgIpc) is 3.10. The van der Waals surface area contributed by atoms with Gasteiger partial charge in [0.15, 0.2) is 0 Å². The number of nitrogens with one attached hydrogen (secondary N) is 1. The second-order valence-electron chi connectivity index (χ2n) is 7.20. The summed E-state index contributed by atoms with van der Waals surface area (Å²) in [6.45, 7) is 0.0166. The lowest BCUT2D eigenvalue weighted by Gasteiger charge is -2.18. The van der Waals surface area contributed by atoms with Gasteiger partial charge >= 0.3 is 0 Å². The predicted octanol–water partition coefficient (Wildman–Crippen LogP) is 5.03. The molecular formula is C23H21F2N3O. The lowest BCUT2D eigenvalue weighted by atomic mass is 10.0. The van der Waals surface area contributed by atoms with Gasteiger partial charge in [0.2, 0.25) is 0 Å². The van der Waals surface area contributed by atoms with Crippen LogP contribution in [0.5, 0.6) is 0 Å². The molecule has 3 aromatic carbocycles. The molecule has 1 fully saturated rings. The molecule has 1 amide bonds. The minimum absolute atomic E-state index is 0.147. The van der Waals surface area contributed by atoms with Crippen molar-refractivity contribution in [1.82, 2.24) is 0 Å². The molecule has 1 heterocycles. The van der Waals surface area contributed by atoms with E-state index in [1.807, 2.05) is 42.5 Å². The molecule has 3 N–H and O–H groups in total. The van der Waals surface area contributed by atoms with E-state index in [-0.39, 0.29) is 18.9 Å². The highest BCUT2D eigenvalue weighted by atomic mass is 19.3. The fraction of sp³-hybridized carbons (Fsp3) is 0.174. The van der Waals surface area contributed by atoms with E-state index in [1.54, 1.807) is 35.2 Å². The first-order valence-corrected chi connectivity index (χ1v) is 9.40. The number of benzene rings is 3. The third kappa shape index (κ3) is 4.21. The van der Waals surface area contributed by atoms with E-state index in [2.05, 4.69) is 5.32 Å². The first-order chi connectivity index (χ1) is 13.9. The maximum Gasteiger partial charge on any atom is 0.266 e. The Morgan fingerprint density at radius 3 is 2.34 bits per heavy atom. The van der Waals surface area contributed by atoms with Crippen LogP contribution >= 0.6 is 0 Å². The summed E-state index contributed by atoms with van der Waals surface area (Å²) in [7, 11) is 0. The molecule has 0 bridgehead atoms. The van der Waals surface area contributed by atoms with Gasteiger partial charge in [-0.05, 0) is 47.5 Å². The molecule has 0 radical (unpaired) electrons. The molecule has 0 atom stereocenters. The van der Waals surface area contributed by atoms with Crippen molar-refractivity contribution < 1.29 is 13.6 Å². The van der Waals surface area contributed by atoms with E-state index in [0.29, 0.717) is 29.2 Å². The molecule has 1 aliphatic heterocycles. The van der Waals surface area contributed by atoms with Crippen LogP contribution in [0, 0.1) is 0 Å². The zero-order valence-electron chi connectivity index (χ0n) is 15.7. The Balaban J connectivity index is 1.49. The Morgan fingerprint density at radius 1 is 0.966 bits per heavy atom. The van der Waals surface area contributed by atoms with Crippen LogP contribution in [0.1, 0.15) is 16.8 Å². The highest BCUT2D eigenvalue weighted by Crippen LogP contribution is 2.31. The van der Waals surface area contributed by atoms with Gasteiger partial charge in [0.25, 0.3) is 11.8 Å². The molecule has 3 aromatic rings. The molecule has 0 aliphatic carbocycles. The summed E-state index contributed by atoms with van der Waals surface area (Å²) >= 11 is 0. The van der Waals surface area contributed by atoms with Crippen molar-refractivity contribution in [1.29, 1.82) is 0 Å². The summed E-state index contributed by atoms with van der Waals surface area (Å²) in [4.78, 5) is 14.3. The molecule has 1 aliphatic rings. The number of hydrogen-bond acceptors (Lipinski definition) is 3. The van der Waals surface area contributed by atoms with Crippen LogP contribution in [0.2, 0.25) is 0 Å². The van der Waals surface area contributed by atoms with Crippen LogP contribution in [0.4, 0.5) is 25.8 Å². The molecular weight excluding hydrogens is 372 g/mol. The third-order valence-corrected chi connectivity index (χ3v) is 5.07. The fourth-order valence-electron chi connectivity index (χ4n) is 3.45. The number of nitrogens with two attached hydrogens (primary N) is 1. The summed E-state index contributed by atoms with van der Waals surface area (Å²) in [5.41, 5.74) is 10.1. The van der Waals surface area contributed by atoms with Crippen molar-refractivity contribution in [2.75, 3.05) is 29.0 Å². The maximum atomic E-state index is 13.4. The SMILES string of the molecule is Nc1ccc(-c2ccccc2)cc1NC(=O)c1ccc(N2CCC(F)(F)C2)cc1. The first-order valence-electron chi connectivity index (χ1n) is 9.40. The minimum Gasteiger partial charge on any atom is -0.397 e. The number of carbonyl (C=O) groups is 1. The number of amides is 1. The monoisotopic (exact) mass is 393 g/mol. The minimum atomic E-state index is -2.66. The van der Waals surface area contributed by atoms with Gasteiger partial charge in [-0.25, -0.2) is 8.78 Å². The van der Waals surface area contributed by atoms with Crippen molar-refractivity contribution in [2.24, 2.45) is 0 Å². The summed E-state index contributed by atoms with van der Waals surface area (Å²) in [5.74, 6) is -2.96. The zero-order valence-corrected chi connectivity index (χ0v) is 15.7. The van der Waals surface area contributed by atoms with Gasteiger partial charge < -0.3 is 16.0 Å². The van der Waals surface area contributed by atoms with Crippen LogP contribution < -0.4 is 16.0 Å². The van der Waals surface area contributed by atoms with E-state index in [9.17, 15) is 13.6 Å². The van der Waals surface area contributed by atoms with Crippen molar-refractivity contribution in [3.05, 3.63) is 78.4 Å². The molecule has 4 nitrogen and oxygen atoms in total. The van der Waals surface area contributed by atoms with E-state index in [4.69, 9.17) is 5.73 Å². The van der Waals surface area contributed by atoms with E-state index >= 15 is 0 Å². The van der Waals surface area contributed by atoms with Gasteiger partial charge in [0.05, 0.1) is 17.9 Å². The van der Waals surface area contributed by atoms with Crippen LogP contribution in [0.25, 0.3) is 11.1 Å². The van der Waals surface area contributed by atoms with Crippen molar-refractivity contribution in [3.63, 3.8) is 0 Å². The molecule has 29 heavy (non-hydrogen) atoms. The molecule has 4 rings (SSSR count). The Labute approximate surface area is 168 Å². The summed E-state index contributed by atoms with van der Waals surface area (Å²) in [5, 5.41) is 2.84. The number of nitrogens with zero attached hydrogens (tertiary/aromatic N) is 1. The molecule has 0 spiro atoms. The van der Waals surface area contributed by atoms with Gasteiger partial charge in [-0.1, -0.05) is 36.4 Å². The molecule has 6 heteroatoms. The molecule has 1 saturated heterocycles. The number of carbonyl (C=O) groups excluding carboxylic acids is 1. The van der Waals surface area contributed by atoms with Gasteiger partial charge in [-0.2, -0.15) is 0 Å². The zero-order chi connectivity index (χ0) is 20.4. The topological polar surface area (TPSA) is 58.4 Å². The third-order valence-electron chi connectivity index (χ3n) is 5.07. The standard InChI is InChI=1S/C23H21F2N3O/c24-23(25)12-13-28(15-23)19-9-6-17(7-10-19)22(29)27-21-14-18(8-11-20(21)26)16-4-2-1-3-5-16/h1-11,14H,12-13,15,26H2,(H,27,29). The number of anilines is 3. The summed E-state index contributed by atoms with van der Waals surface area (Å²) in [6, 6.07) is 22.0. The van der Waals surface area contributed by atoms with E-state index in [1.165, 1.54) is 0 Å². The molecule has 148 valence electrons. The van der Waals surface area contributed by atoms with Gasteiger partial charge in [-0.15, -0.1) is 0 Å². The summed E-state index contributed by atoms with van der Waals surface area (Å²) < 4.78 is 26.8. The summed E-state index contributed by atoms with van der Waals surface area (Å²) in [6.07, 6.45) is -0.147. The molecule has 0 aromatic heterocycles. The number of halogens is 2. The number of alkyl halides is 2. The van der Waals surface area contributed by atoms with Crippen molar-refractivity contribution in [3.8, 4) is 11.1 Å². The van der Waals surface area contributed by atoms with Crippen LogP contribution in [0.3, 0.4) is 0 Å². The number of rotatable bonds is 4. The Kier molecular flexibility index (Phi) is 4.92.